The molecule has 5 heterocycles. The molecular weight excluding hydrogens is 723 g/mol. The van der Waals surface area contributed by atoms with Crippen molar-refractivity contribution in [1.82, 2.24) is 24.5 Å². The van der Waals surface area contributed by atoms with E-state index >= 15 is 0 Å². The number of nitriles is 1. The highest BCUT2D eigenvalue weighted by Crippen LogP contribution is 2.45. The minimum Gasteiger partial charge on any atom is -0.444 e. The first-order valence-electron chi connectivity index (χ1n) is 19.8. The van der Waals surface area contributed by atoms with Gasteiger partial charge in [-0.2, -0.15) is 14.9 Å². The van der Waals surface area contributed by atoms with Gasteiger partial charge < -0.3 is 24.0 Å². The molecule has 1 unspecified atom stereocenters. The summed E-state index contributed by atoms with van der Waals surface area (Å²) in [4.78, 5) is 27.5. The predicted molar refractivity (Wildman–Crippen MR) is 224 cm³/mol. The highest BCUT2D eigenvalue weighted by Gasteiger charge is 2.46. The zero-order valence-corrected chi connectivity index (χ0v) is 36.3. The first kappa shape index (κ1) is 40.6. The monoisotopic (exact) mass is 781 g/mol. The molecule has 3 aromatic heterocycles. The largest absolute Gasteiger partial charge is 0.444 e. The minimum atomic E-state index is -1.34. The van der Waals surface area contributed by atoms with Gasteiger partial charge in [0.15, 0.2) is 11.5 Å². The summed E-state index contributed by atoms with van der Waals surface area (Å²) < 4.78 is 20.4. The van der Waals surface area contributed by atoms with Gasteiger partial charge in [-0.05, 0) is 64.6 Å². The number of anilines is 1. The van der Waals surface area contributed by atoms with E-state index in [1.165, 1.54) is 0 Å². The van der Waals surface area contributed by atoms with Crippen LogP contribution in [0.1, 0.15) is 63.6 Å². The van der Waals surface area contributed by atoms with E-state index < -0.39 is 21.7 Å². The summed E-state index contributed by atoms with van der Waals surface area (Å²) in [6.45, 7) is 21.5. The van der Waals surface area contributed by atoms with E-state index in [0.29, 0.717) is 43.1 Å². The molecule has 0 radical (unpaired) electrons. The second kappa shape index (κ2) is 16.6. The highest BCUT2D eigenvalue weighted by atomic mass is 28.3. The first-order chi connectivity index (χ1) is 26.0. The van der Waals surface area contributed by atoms with Crippen molar-refractivity contribution >= 4 is 33.7 Å². The van der Waals surface area contributed by atoms with Gasteiger partial charge in [0.25, 0.3) is 0 Å². The number of nitrogens with zero attached hydrogens (tertiary/aromatic N) is 7. The lowest BCUT2D eigenvalue weighted by Gasteiger charge is -2.39. The smallest absolute Gasteiger partial charge is 0.410 e. The second-order valence-corrected chi connectivity index (χ2v) is 29.8. The van der Waals surface area contributed by atoms with Crippen molar-refractivity contribution < 1.29 is 19.0 Å². The molecule has 4 aromatic rings. The molecule has 0 aliphatic carbocycles. The maximum atomic E-state index is 13.4. The maximum Gasteiger partial charge on any atom is 0.410 e. The van der Waals surface area contributed by atoms with Crippen molar-refractivity contribution in [3.63, 3.8) is 0 Å². The predicted octanol–water partition coefficient (Wildman–Crippen LogP) is 9.41. The zero-order valence-electron chi connectivity index (χ0n) is 34.3. The van der Waals surface area contributed by atoms with E-state index in [0.717, 1.165) is 53.0 Å². The fraction of sp³-hybridized carbons (Fsp3) is 0.548. The van der Waals surface area contributed by atoms with E-state index in [-0.39, 0.29) is 37.6 Å². The quantitative estimate of drug-likeness (QED) is 0.0701. The van der Waals surface area contributed by atoms with Gasteiger partial charge in [-0.1, -0.05) is 75.7 Å². The van der Waals surface area contributed by atoms with Gasteiger partial charge in [0, 0.05) is 70.3 Å². The third-order valence-electron chi connectivity index (χ3n) is 10.4. The molecule has 1 amide bonds. The number of carbonyl (C=O) groups is 1. The Hall–Kier alpha value is -4.10. The van der Waals surface area contributed by atoms with Gasteiger partial charge in [-0.15, -0.1) is 0 Å². The summed E-state index contributed by atoms with van der Waals surface area (Å²) in [6, 6.07) is 18.8. The Labute approximate surface area is 329 Å². The van der Waals surface area contributed by atoms with Crippen LogP contribution in [0.2, 0.25) is 51.4 Å². The maximum absolute atomic E-state index is 13.4. The number of hydrogen-bond donors (Lipinski definition) is 0. The van der Waals surface area contributed by atoms with Crippen LogP contribution in [0.4, 0.5) is 10.6 Å². The number of fused-ring (bicyclic) bond motifs is 3. The molecule has 2 aliphatic rings. The van der Waals surface area contributed by atoms with Crippen molar-refractivity contribution in [3.05, 3.63) is 66.1 Å². The summed E-state index contributed by atoms with van der Waals surface area (Å²) in [5.74, 6) is 0.573. The molecule has 2 saturated heterocycles. The van der Waals surface area contributed by atoms with Crippen LogP contribution in [0, 0.1) is 11.3 Å². The van der Waals surface area contributed by atoms with Gasteiger partial charge in [0.2, 0.25) is 0 Å². The fourth-order valence-electron chi connectivity index (χ4n) is 7.51. The third kappa shape index (κ3) is 10.0. The molecular formula is C42H59N7O4Si2. The number of carbonyl (C=O) groups excluding carboxylic acids is 1. The lowest BCUT2D eigenvalue weighted by atomic mass is 9.86. The fourth-order valence-corrected chi connectivity index (χ4v) is 9.02. The molecule has 2 aliphatic heterocycles. The average Bonchev–Trinajstić information content (AvgIpc) is 3.66. The topological polar surface area (TPSA) is 118 Å². The zero-order chi connectivity index (χ0) is 39.5. The van der Waals surface area contributed by atoms with Crippen molar-refractivity contribution in [3.8, 4) is 28.5 Å². The van der Waals surface area contributed by atoms with Gasteiger partial charge in [0.05, 0.1) is 17.6 Å². The van der Waals surface area contributed by atoms with Crippen LogP contribution in [0.5, 0.6) is 0 Å². The molecule has 0 N–H and O–H groups in total. The van der Waals surface area contributed by atoms with E-state index in [1.54, 1.807) is 4.52 Å². The molecule has 0 spiro atoms. The van der Waals surface area contributed by atoms with Gasteiger partial charge in [-0.3, -0.25) is 4.98 Å². The number of pyridine rings is 1. The standard InChI is InChI=1S/C42H59N7O4Si2/c1-42(2,3)53-41(50)48-33-16-17-34(48)24-32(23-33)38-35(25-43)40(47(28-51-19-21-54(4,5)6)29-52-20-22-55(7,8)9)49-39(46-38)36(27-45-49)31-15-18-37(44-26-31)30-13-11-10-12-14-30/h10-15,18,26-27,32-34H,16-17,19-24,28-29H2,1-9H3/t32?,33-,34+. The lowest BCUT2D eigenvalue weighted by Crippen LogP contribution is -2.48. The summed E-state index contributed by atoms with van der Waals surface area (Å²) in [5, 5.41) is 16.0. The van der Waals surface area contributed by atoms with Crippen LogP contribution in [-0.4, -0.2) is 91.1 Å². The van der Waals surface area contributed by atoms with Crippen LogP contribution < -0.4 is 4.90 Å². The van der Waals surface area contributed by atoms with Crippen molar-refractivity contribution in [1.29, 1.82) is 5.26 Å². The minimum absolute atomic E-state index is 0.0108. The Bertz CT molecular complexity index is 1940. The van der Waals surface area contributed by atoms with E-state index in [9.17, 15) is 10.1 Å². The lowest BCUT2D eigenvalue weighted by molar-refractivity contribution is 0.00568. The molecule has 2 bridgehead atoms. The third-order valence-corrected chi connectivity index (χ3v) is 13.8. The van der Waals surface area contributed by atoms with E-state index in [1.807, 2.05) is 79.4 Å². The summed E-state index contributed by atoms with van der Waals surface area (Å²) in [6.07, 6.45) is 6.63. The molecule has 0 saturated carbocycles. The molecule has 55 heavy (non-hydrogen) atoms. The van der Waals surface area contributed by atoms with Gasteiger partial charge in [-0.25, -0.2) is 9.78 Å². The SMILES string of the molecule is CC(C)(C)OC(=O)N1[C@@H]2CC[C@H]1CC(c1nc3c(-c4ccc(-c5ccccc5)nc4)cnn3c(N(COCC[Si](C)(C)C)COCC[Si](C)(C)C)c1C#N)C2. The molecule has 3 atom stereocenters. The summed E-state index contributed by atoms with van der Waals surface area (Å²) in [5.41, 5.74) is 4.91. The molecule has 2 fully saturated rings. The molecule has 294 valence electrons. The summed E-state index contributed by atoms with van der Waals surface area (Å²) >= 11 is 0. The number of ether oxygens (including phenoxy) is 3. The Morgan fingerprint density at radius 1 is 0.891 bits per heavy atom. The number of aromatic nitrogens is 4. The van der Waals surface area contributed by atoms with Gasteiger partial charge in [0.1, 0.15) is 30.7 Å². The van der Waals surface area contributed by atoms with Gasteiger partial charge >= 0.3 is 6.09 Å². The van der Waals surface area contributed by atoms with Crippen LogP contribution >= 0.6 is 0 Å². The molecule has 6 rings (SSSR count). The second-order valence-electron chi connectivity index (χ2n) is 18.6. The Morgan fingerprint density at radius 3 is 2.04 bits per heavy atom. The van der Waals surface area contributed by atoms with Crippen LogP contribution in [0.3, 0.4) is 0 Å². The molecule has 13 heteroatoms. The molecule has 1 aromatic carbocycles. The number of piperidine rings is 1. The molecule has 11 nitrogen and oxygen atoms in total. The Kier molecular flexibility index (Phi) is 12.2. The van der Waals surface area contributed by atoms with Crippen molar-refractivity contribution in [2.45, 2.75) is 121 Å². The number of hydrogen-bond acceptors (Lipinski definition) is 9. The van der Waals surface area contributed by atoms with Crippen molar-refractivity contribution in [2.24, 2.45) is 0 Å². The highest BCUT2D eigenvalue weighted by molar-refractivity contribution is 6.76. The number of benzene rings is 1. The summed E-state index contributed by atoms with van der Waals surface area (Å²) in [7, 11) is -2.68. The van der Waals surface area contributed by atoms with E-state index in [2.05, 4.69) is 51.4 Å². The van der Waals surface area contributed by atoms with Crippen LogP contribution in [0.25, 0.3) is 28.0 Å². The average molecular weight is 782 g/mol. The first-order valence-corrected chi connectivity index (χ1v) is 27.2. The Morgan fingerprint density at radius 2 is 1.51 bits per heavy atom. The Balaban J connectivity index is 1.43. The van der Waals surface area contributed by atoms with Crippen molar-refractivity contribution in [2.75, 3.05) is 31.6 Å². The van der Waals surface area contributed by atoms with Crippen LogP contribution in [0.15, 0.2) is 54.9 Å². The number of rotatable bonds is 14. The normalized spacial score (nSPS) is 18.8. The number of amides is 1. The van der Waals surface area contributed by atoms with E-state index in [4.69, 9.17) is 29.3 Å². The van der Waals surface area contributed by atoms with Crippen LogP contribution in [-0.2, 0) is 14.2 Å².